The van der Waals surface area contributed by atoms with Gasteiger partial charge in [0.15, 0.2) is 0 Å². The molecule has 0 radical (unpaired) electrons. The number of halogens is 3. The smallest absolute Gasteiger partial charge is 0.129 e. The third-order valence-corrected chi connectivity index (χ3v) is 4.48. The van der Waals surface area contributed by atoms with Crippen molar-refractivity contribution < 1.29 is 9.50 Å². The van der Waals surface area contributed by atoms with Crippen LogP contribution >= 0.6 is 43.2 Å². The van der Waals surface area contributed by atoms with Crippen molar-refractivity contribution in [2.45, 2.75) is 12.5 Å². The molecule has 0 bridgehead atoms. The van der Waals surface area contributed by atoms with E-state index in [9.17, 15) is 9.50 Å². The summed E-state index contributed by atoms with van der Waals surface area (Å²) in [4.78, 5) is 1.02. The van der Waals surface area contributed by atoms with Crippen LogP contribution in [0.3, 0.4) is 0 Å². The molecule has 17 heavy (non-hydrogen) atoms. The fourth-order valence-corrected chi connectivity index (χ4v) is 3.43. The molecule has 1 atom stereocenters. The lowest BCUT2D eigenvalue weighted by Crippen LogP contribution is -2.03. The van der Waals surface area contributed by atoms with Gasteiger partial charge in [-0.2, -0.15) is 0 Å². The second kappa shape index (κ2) is 5.61. The molecule has 2 rings (SSSR count). The Hall–Kier alpha value is -0.230. The van der Waals surface area contributed by atoms with Crippen molar-refractivity contribution in [1.29, 1.82) is 0 Å². The third-order valence-electron chi connectivity index (χ3n) is 2.34. The summed E-state index contributed by atoms with van der Waals surface area (Å²) in [6, 6.07) is 8.43. The number of hydrogen-bond donors (Lipinski definition) is 1. The number of aliphatic hydroxyl groups is 1. The van der Waals surface area contributed by atoms with Crippen molar-refractivity contribution in [3.63, 3.8) is 0 Å². The summed E-state index contributed by atoms with van der Waals surface area (Å²) in [5.74, 6) is -0.378. The van der Waals surface area contributed by atoms with Gasteiger partial charge in [-0.1, -0.05) is 15.9 Å². The molecule has 0 aliphatic heterocycles. The highest BCUT2D eigenvalue weighted by atomic mass is 79.9. The summed E-state index contributed by atoms with van der Waals surface area (Å²) in [5.41, 5.74) is 0.323. The predicted octanol–water partition coefficient (Wildman–Crippen LogP) is 4.69. The van der Waals surface area contributed by atoms with Crippen molar-refractivity contribution in [3.05, 3.63) is 54.8 Å². The van der Waals surface area contributed by atoms with E-state index < -0.39 is 6.10 Å². The van der Waals surface area contributed by atoms with E-state index in [0.29, 0.717) is 12.0 Å². The lowest BCUT2D eigenvalue weighted by Gasteiger charge is -2.11. The van der Waals surface area contributed by atoms with Gasteiger partial charge in [-0.3, -0.25) is 0 Å². The van der Waals surface area contributed by atoms with E-state index in [1.165, 1.54) is 6.07 Å². The Kier molecular flexibility index (Phi) is 4.36. The summed E-state index contributed by atoms with van der Waals surface area (Å²) in [5, 5.41) is 10.0. The Labute approximate surface area is 120 Å². The maximum Gasteiger partial charge on any atom is 0.129 e. The quantitative estimate of drug-likeness (QED) is 0.820. The molecular weight excluding hydrogens is 371 g/mol. The molecule has 1 nitrogen and oxygen atoms in total. The van der Waals surface area contributed by atoms with E-state index in [2.05, 4.69) is 31.9 Å². The van der Waals surface area contributed by atoms with Crippen LogP contribution in [-0.4, -0.2) is 5.11 Å². The molecule has 0 fully saturated rings. The Morgan fingerprint density at radius 2 is 2.00 bits per heavy atom. The van der Waals surface area contributed by atoms with E-state index in [1.54, 1.807) is 23.5 Å². The normalized spacial score (nSPS) is 12.7. The summed E-state index contributed by atoms with van der Waals surface area (Å²) in [7, 11) is 0. The molecule has 0 aliphatic carbocycles. The van der Waals surface area contributed by atoms with Crippen molar-refractivity contribution in [2.75, 3.05) is 0 Å². The van der Waals surface area contributed by atoms with Crippen LogP contribution in [0.2, 0.25) is 0 Å². The maximum absolute atomic E-state index is 13.5. The Morgan fingerprint density at radius 3 is 2.65 bits per heavy atom. The van der Waals surface area contributed by atoms with Crippen molar-refractivity contribution >= 4 is 43.2 Å². The topological polar surface area (TPSA) is 20.2 Å². The van der Waals surface area contributed by atoms with Gasteiger partial charge in [-0.05, 0) is 46.3 Å². The van der Waals surface area contributed by atoms with E-state index in [-0.39, 0.29) is 5.82 Å². The van der Waals surface area contributed by atoms with Gasteiger partial charge in [0.25, 0.3) is 0 Å². The minimum Gasteiger partial charge on any atom is -0.388 e. The standard InChI is InChI=1S/C12H9Br2FOS/c13-7-1-3-10(15)9(5-7)11(16)6-8-2-4-12(14)17-8/h1-5,11,16H,6H2. The molecule has 0 saturated heterocycles. The zero-order valence-corrected chi connectivity index (χ0v) is 12.6. The summed E-state index contributed by atoms with van der Waals surface area (Å²) in [6.45, 7) is 0. The van der Waals surface area contributed by atoms with Crippen LogP contribution < -0.4 is 0 Å². The highest BCUT2D eigenvalue weighted by Crippen LogP contribution is 2.29. The monoisotopic (exact) mass is 378 g/mol. The van der Waals surface area contributed by atoms with Gasteiger partial charge in [0.1, 0.15) is 5.82 Å². The molecule has 0 aliphatic rings. The first-order valence-corrected chi connectivity index (χ1v) is 7.34. The first kappa shape index (κ1) is 13.2. The fourth-order valence-electron chi connectivity index (χ4n) is 1.53. The van der Waals surface area contributed by atoms with Gasteiger partial charge >= 0.3 is 0 Å². The maximum atomic E-state index is 13.5. The van der Waals surface area contributed by atoms with Crippen LogP contribution in [0.5, 0.6) is 0 Å². The van der Waals surface area contributed by atoms with Crippen LogP contribution in [-0.2, 0) is 6.42 Å². The average Bonchev–Trinajstić information content (AvgIpc) is 2.67. The largest absolute Gasteiger partial charge is 0.388 e. The average molecular weight is 380 g/mol. The molecule has 1 N–H and O–H groups in total. The lowest BCUT2D eigenvalue weighted by atomic mass is 10.1. The Bertz CT molecular complexity index is 527. The third kappa shape index (κ3) is 3.37. The van der Waals surface area contributed by atoms with E-state index in [4.69, 9.17) is 0 Å². The fraction of sp³-hybridized carbons (Fsp3) is 0.167. The van der Waals surface area contributed by atoms with Gasteiger partial charge in [0.05, 0.1) is 9.89 Å². The van der Waals surface area contributed by atoms with Gasteiger partial charge in [-0.25, -0.2) is 4.39 Å². The summed E-state index contributed by atoms with van der Waals surface area (Å²) < 4.78 is 15.3. The number of benzene rings is 1. The van der Waals surface area contributed by atoms with Crippen molar-refractivity contribution in [1.82, 2.24) is 0 Å². The summed E-state index contributed by atoms with van der Waals surface area (Å²) in [6.07, 6.45) is -0.401. The number of thiophene rings is 1. The van der Waals surface area contributed by atoms with Crippen LogP contribution in [0.1, 0.15) is 16.5 Å². The van der Waals surface area contributed by atoms with Crippen molar-refractivity contribution in [2.24, 2.45) is 0 Å². The first-order valence-electron chi connectivity index (χ1n) is 4.93. The molecule has 2 aromatic rings. The van der Waals surface area contributed by atoms with Gasteiger partial charge < -0.3 is 5.11 Å². The van der Waals surface area contributed by atoms with E-state index >= 15 is 0 Å². The molecule has 0 saturated carbocycles. The van der Waals surface area contributed by atoms with Crippen LogP contribution in [0, 0.1) is 5.82 Å². The number of hydrogen-bond acceptors (Lipinski definition) is 2. The predicted molar refractivity (Wildman–Crippen MR) is 74.8 cm³/mol. The minimum absolute atomic E-state index is 0.323. The lowest BCUT2D eigenvalue weighted by molar-refractivity contribution is 0.174. The van der Waals surface area contributed by atoms with E-state index in [1.807, 2.05) is 12.1 Å². The Morgan fingerprint density at radius 1 is 1.24 bits per heavy atom. The molecule has 0 spiro atoms. The molecule has 1 heterocycles. The highest BCUT2D eigenvalue weighted by molar-refractivity contribution is 9.11. The molecule has 5 heteroatoms. The van der Waals surface area contributed by atoms with Crippen LogP contribution in [0.25, 0.3) is 0 Å². The first-order chi connectivity index (χ1) is 8.06. The second-order valence-corrected chi connectivity index (χ2v) is 7.05. The number of rotatable bonds is 3. The minimum atomic E-state index is -0.821. The van der Waals surface area contributed by atoms with Gasteiger partial charge in [-0.15, -0.1) is 11.3 Å². The molecule has 1 unspecified atom stereocenters. The highest BCUT2D eigenvalue weighted by Gasteiger charge is 2.14. The molecule has 1 aromatic heterocycles. The zero-order chi connectivity index (χ0) is 12.4. The van der Waals surface area contributed by atoms with Gasteiger partial charge in [0, 0.05) is 21.3 Å². The van der Waals surface area contributed by atoms with Crippen LogP contribution in [0.15, 0.2) is 38.6 Å². The molecule has 90 valence electrons. The summed E-state index contributed by atoms with van der Waals surface area (Å²) >= 11 is 8.17. The SMILES string of the molecule is OC(Cc1ccc(Br)s1)c1cc(Br)ccc1F. The van der Waals surface area contributed by atoms with E-state index in [0.717, 1.165) is 13.1 Å². The number of aliphatic hydroxyl groups excluding tert-OH is 1. The van der Waals surface area contributed by atoms with Gasteiger partial charge in [0.2, 0.25) is 0 Å². The molecule has 0 amide bonds. The molecular formula is C12H9Br2FOS. The van der Waals surface area contributed by atoms with Crippen molar-refractivity contribution in [3.8, 4) is 0 Å². The molecule has 1 aromatic carbocycles. The second-order valence-electron chi connectivity index (χ2n) is 3.59. The zero-order valence-electron chi connectivity index (χ0n) is 8.66. The Balaban J connectivity index is 2.19. The van der Waals surface area contributed by atoms with Crippen LogP contribution in [0.4, 0.5) is 4.39 Å².